The van der Waals surface area contributed by atoms with Crippen molar-refractivity contribution in [3.63, 3.8) is 0 Å². The summed E-state index contributed by atoms with van der Waals surface area (Å²) in [5.41, 5.74) is 1.41. The molecule has 1 saturated heterocycles. The van der Waals surface area contributed by atoms with Crippen LogP contribution in [-0.2, 0) is 0 Å². The molecular weight excluding hydrogens is 458 g/mol. The van der Waals surface area contributed by atoms with Gasteiger partial charge in [0.25, 0.3) is 0 Å². The SMILES string of the molecule is Cc1nc(C#N)c(C)n1-c1cc(OC2CN(C(=O)N3N=CC[C@H]3c3cncc(F)c3)C2)c(F)cn1. The van der Waals surface area contributed by atoms with Gasteiger partial charge in [0.05, 0.1) is 37.2 Å². The number of nitrogens with zero attached hydrogens (tertiary/aromatic N) is 8. The van der Waals surface area contributed by atoms with Crippen LogP contribution in [0.2, 0.25) is 0 Å². The van der Waals surface area contributed by atoms with Crippen LogP contribution >= 0.6 is 0 Å². The second-order valence-corrected chi connectivity index (χ2v) is 8.27. The lowest BCUT2D eigenvalue weighted by atomic mass is 10.1. The van der Waals surface area contributed by atoms with Gasteiger partial charge in [0.15, 0.2) is 17.3 Å². The number of hydrazone groups is 1. The van der Waals surface area contributed by atoms with Crippen molar-refractivity contribution in [2.75, 3.05) is 13.1 Å². The average Bonchev–Trinajstić information content (AvgIpc) is 3.41. The number of carbonyl (C=O) groups is 1. The number of carbonyl (C=O) groups excluding carboxylic acids is 1. The third-order valence-electron chi connectivity index (χ3n) is 5.97. The highest BCUT2D eigenvalue weighted by Gasteiger charge is 2.39. The fraction of sp³-hybridized carbons (Fsp3) is 0.304. The van der Waals surface area contributed by atoms with Crippen molar-refractivity contribution < 1.29 is 18.3 Å². The Labute approximate surface area is 199 Å². The van der Waals surface area contributed by atoms with Crippen molar-refractivity contribution >= 4 is 12.2 Å². The van der Waals surface area contributed by atoms with Crippen LogP contribution in [0.15, 0.2) is 35.8 Å². The molecular formula is C23H20F2N8O2. The lowest BCUT2D eigenvalue weighted by Gasteiger charge is -2.41. The summed E-state index contributed by atoms with van der Waals surface area (Å²) in [6, 6.07) is 4.01. The van der Waals surface area contributed by atoms with E-state index in [0.29, 0.717) is 29.3 Å². The fourth-order valence-corrected chi connectivity index (χ4v) is 4.19. The van der Waals surface area contributed by atoms with E-state index in [4.69, 9.17) is 4.74 Å². The van der Waals surface area contributed by atoms with Crippen LogP contribution in [-0.4, -0.2) is 60.9 Å². The number of likely N-dealkylation sites (tertiary alicyclic amines) is 1. The molecule has 1 fully saturated rings. The molecule has 0 unspecified atom stereocenters. The zero-order chi connectivity index (χ0) is 24.7. The van der Waals surface area contributed by atoms with Crippen molar-refractivity contribution in [3.8, 4) is 17.6 Å². The summed E-state index contributed by atoms with van der Waals surface area (Å²) in [7, 11) is 0. The molecule has 35 heavy (non-hydrogen) atoms. The van der Waals surface area contributed by atoms with E-state index >= 15 is 0 Å². The Bertz CT molecular complexity index is 1380. The van der Waals surface area contributed by atoms with Gasteiger partial charge in [-0.1, -0.05) is 0 Å². The van der Waals surface area contributed by atoms with E-state index < -0.39 is 23.8 Å². The topological polar surface area (TPSA) is 113 Å². The number of pyridine rings is 2. The van der Waals surface area contributed by atoms with E-state index in [0.717, 1.165) is 12.4 Å². The summed E-state index contributed by atoms with van der Waals surface area (Å²) in [6.45, 7) is 3.92. The van der Waals surface area contributed by atoms with Crippen LogP contribution in [0, 0.1) is 36.8 Å². The van der Waals surface area contributed by atoms with Crippen LogP contribution in [0.3, 0.4) is 0 Å². The molecule has 0 N–H and O–H groups in total. The van der Waals surface area contributed by atoms with E-state index in [2.05, 4.69) is 20.1 Å². The highest BCUT2D eigenvalue weighted by Crippen LogP contribution is 2.31. The lowest BCUT2D eigenvalue weighted by Crippen LogP contribution is -2.58. The van der Waals surface area contributed by atoms with Gasteiger partial charge in [-0.15, -0.1) is 0 Å². The molecule has 5 rings (SSSR count). The first-order valence-corrected chi connectivity index (χ1v) is 10.9. The average molecular weight is 478 g/mol. The normalized spacial score (nSPS) is 17.4. The number of urea groups is 1. The Balaban J connectivity index is 1.26. The highest BCUT2D eigenvalue weighted by atomic mass is 19.1. The molecule has 2 aliphatic heterocycles. The maximum Gasteiger partial charge on any atom is 0.341 e. The lowest BCUT2D eigenvalue weighted by molar-refractivity contribution is 0.0256. The third kappa shape index (κ3) is 4.05. The molecule has 12 heteroatoms. The smallest absolute Gasteiger partial charge is 0.341 e. The predicted molar refractivity (Wildman–Crippen MR) is 119 cm³/mol. The van der Waals surface area contributed by atoms with Crippen molar-refractivity contribution in [1.29, 1.82) is 5.26 Å². The first-order chi connectivity index (χ1) is 16.9. The summed E-state index contributed by atoms with van der Waals surface area (Å²) < 4.78 is 35.5. The molecule has 1 atom stereocenters. The van der Waals surface area contributed by atoms with Gasteiger partial charge in [-0.25, -0.2) is 28.6 Å². The number of halogens is 2. The molecule has 0 aliphatic carbocycles. The minimum absolute atomic E-state index is 0.0130. The molecule has 2 aliphatic rings. The second kappa shape index (κ2) is 8.75. The Morgan fingerprint density at radius 2 is 2.00 bits per heavy atom. The van der Waals surface area contributed by atoms with E-state index in [1.807, 2.05) is 6.07 Å². The van der Waals surface area contributed by atoms with Gasteiger partial charge in [-0.3, -0.25) is 9.55 Å². The third-order valence-corrected chi connectivity index (χ3v) is 5.97. The summed E-state index contributed by atoms with van der Waals surface area (Å²) in [5.74, 6) is -0.226. The van der Waals surface area contributed by atoms with Gasteiger partial charge < -0.3 is 9.64 Å². The molecule has 0 saturated carbocycles. The molecule has 3 aromatic rings. The number of amides is 2. The van der Waals surface area contributed by atoms with E-state index in [1.54, 1.807) is 24.6 Å². The summed E-state index contributed by atoms with van der Waals surface area (Å²) in [4.78, 5) is 26.6. The first kappa shape index (κ1) is 22.4. The highest BCUT2D eigenvalue weighted by molar-refractivity contribution is 5.79. The fourth-order valence-electron chi connectivity index (χ4n) is 4.19. The van der Waals surface area contributed by atoms with Crippen LogP contribution in [0.25, 0.3) is 5.82 Å². The largest absolute Gasteiger partial charge is 0.483 e. The van der Waals surface area contributed by atoms with Gasteiger partial charge in [-0.2, -0.15) is 10.4 Å². The van der Waals surface area contributed by atoms with Gasteiger partial charge in [-0.05, 0) is 25.5 Å². The standard InChI is InChI=1S/C23H20F2N8O2/c1-13-19(7-26)30-14(2)32(13)22-6-21(18(25)10-28-22)35-17-11-31(12-17)23(34)33-20(3-4-29-33)15-5-16(24)9-27-8-15/h4-6,8-10,17,20H,3,11-12H2,1-2H3/t20-/m0/s1. The first-order valence-electron chi connectivity index (χ1n) is 10.9. The zero-order valence-corrected chi connectivity index (χ0v) is 18.9. The molecule has 0 bridgehead atoms. The molecule has 178 valence electrons. The number of rotatable bonds is 4. The molecule has 0 aromatic carbocycles. The second-order valence-electron chi connectivity index (χ2n) is 8.27. The molecule has 0 spiro atoms. The summed E-state index contributed by atoms with van der Waals surface area (Å²) in [6.07, 6.45) is 5.29. The minimum Gasteiger partial charge on any atom is -0.483 e. The molecule has 2 amide bonds. The summed E-state index contributed by atoms with van der Waals surface area (Å²) >= 11 is 0. The van der Waals surface area contributed by atoms with Crippen molar-refractivity contribution in [2.24, 2.45) is 5.10 Å². The summed E-state index contributed by atoms with van der Waals surface area (Å²) in [5, 5.41) is 14.7. The van der Waals surface area contributed by atoms with Gasteiger partial charge >= 0.3 is 6.03 Å². The predicted octanol–water partition coefficient (Wildman–Crippen LogP) is 3.04. The van der Waals surface area contributed by atoms with Gasteiger partial charge in [0.2, 0.25) is 0 Å². The number of imidazole rings is 1. The molecule has 3 aromatic heterocycles. The van der Waals surface area contributed by atoms with E-state index in [1.165, 1.54) is 28.2 Å². The number of aromatic nitrogens is 4. The van der Waals surface area contributed by atoms with Crippen LogP contribution in [0.4, 0.5) is 13.6 Å². The van der Waals surface area contributed by atoms with Crippen LogP contribution < -0.4 is 4.74 Å². The van der Waals surface area contributed by atoms with Crippen molar-refractivity contribution in [1.82, 2.24) is 29.4 Å². The number of nitriles is 1. The number of ether oxygens (including phenoxy) is 1. The Hall–Kier alpha value is -4.40. The number of aryl methyl sites for hydroxylation is 1. The molecule has 5 heterocycles. The molecule has 0 radical (unpaired) electrons. The minimum atomic E-state index is -0.641. The Morgan fingerprint density at radius 1 is 1.20 bits per heavy atom. The Kier molecular flexibility index (Phi) is 5.60. The van der Waals surface area contributed by atoms with Crippen LogP contribution in [0.5, 0.6) is 5.75 Å². The van der Waals surface area contributed by atoms with E-state index in [-0.39, 0.29) is 30.6 Å². The number of hydrogen-bond acceptors (Lipinski definition) is 7. The van der Waals surface area contributed by atoms with Gasteiger partial charge in [0.1, 0.15) is 29.6 Å². The maximum absolute atomic E-state index is 14.4. The molecule has 10 nitrogen and oxygen atoms in total. The maximum atomic E-state index is 14.4. The van der Waals surface area contributed by atoms with E-state index in [9.17, 15) is 18.8 Å². The Morgan fingerprint density at radius 3 is 2.71 bits per heavy atom. The monoisotopic (exact) mass is 478 g/mol. The zero-order valence-electron chi connectivity index (χ0n) is 18.9. The van der Waals surface area contributed by atoms with Gasteiger partial charge in [0, 0.05) is 24.9 Å². The quantitative estimate of drug-likeness (QED) is 0.570. The van der Waals surface area contributed by atoms with Crippen LogP contribution in [0.1, 0.15) is 35.2 Å². The van der Waals surface area contributed by atoms with Crippen molar-refractivity contribution in [2.45, 2.75) is 32.4 Å². The van der Waals surface area contributed by atoms with Crippen molar-refractivity contribution in [3.05, 3.63) is 65.1 Å². The number of hydrogen-bond donors (Lipinski definition) is 0.